The molecule has 0 aromatic heterocycles. The lowest BCUT2D eigenvalue weighted by atomic mass is 10.0. The molecule has 4 amide bonds. The van der Waals surface area contributed by atoms with E-state index in [4.69, 9.17) is 28.5 Å². The van der Waals surface area contributed by atoms with Gasteiger partial charge in [-0.2, -0.15) is 0 Å². The molecule has 14 heteroatoms. The summed E-state index contributed by atoms with van der Waals surface area (Å²) < 4.78 is 27.0. The number of ether oxygens (including phenoxy) is 5. The molecule has 2 aliphatic heterocycles. The SMILES string of the molecule is O=C(CCOCCOCCOCCOCCOCCC(=O)ON1C(=O)CCC1=O)NCCC(=O)N1Cc2ccccc2/C=C\c2ccccc21. The topological polar surface area (TPSA) is 159 Å². The van der Waals surface area contributed by atoms with E-state index in [0.717, 1.165) is 22.4 Å². The van der Waals surface area contributed by atoms with Crippen molar-refractivity contribution in [2.45, 2.75) is 38.6 Å². The summed E-state index contributed by atoms with van der Waals surface area (Å²) in [6.07, 6.45) is 4.47. The number of carbonyl (C=O) groups is 5. The van der Waals surface area contributed by atoms with Crippen molar-refractivity contribution >= 4 is 47.4 Å². The smallest absolute Gasteiger partial charge is 0.335 e. The number of rotatable bonds is 22. The number of hydroxylamine groups is 2. The molecule has 0 saturated carbocycles. The molecular formula is C36H45N3O11. The van der Waals surface area contributed by atoms with E-state index in [9.17, 15) is 24.0 Å². The van der Waals surface area contributed by atoms with Gasteiger partial charge in [0.1, 0.15) is 0 Å². The van der Waals surface area contributed by atoms with Crippen LogP contribution < -0.4 is 10.2 Å². The molecule has 1 saturated heterocycles. The number of hydrogen-bond donors (Lipinski definition) is 1. The lowest BCUT2D eigenvalue weighted by molar-refractivity contribution is -0.198. The number of nitrogens with zero attached hydrogens (tertiary/aromatic N) is 2. The average molecular weight is 696 g/mol. The van der Waals surface area contributed by atoms with Gasteiger partial charge < -0.3 is 38.7 Å². The number of para-hydroxylation sites is 1. The Bertz CT molecular complexity index is 1450. The first-order valence-corrected chi connectivity index (χ1v) is 16.8. The van der Waals surface area contributed by atoms with Gasteiger partial charge in [0, 0.05) is 32.2 Å². The zero-order chi connectivity index (χ0) is 35.4. The molecule has 0 spiro atoms. The first kappa shape index (κ1) is 38.3. The molecule has 2 aromatic carbocycles. The van der Waals surface area contributed by atoms with Crippen molar-refractivity contribution in [1.29, 1.82) is 0 Å². The fourth-order valence-electron chi connectivity index (χ4n) is 5.01. The fourth-order valence-corrected chi connectivity index (χ4v) is 5.01. The van der Waals surface area contributed by atoms with E-state index in [0.29, 0.717) is 57.9 Å². The van der Waals surface area contributed by atoms with Crippen molar-refractivity contribution in [3.63, 3.8) is 0 Å². The maximum Gasteiger partial charge on any atom is 0.335 e. The molecule has 0 radical (unpaired) electrons. The Balaban J connectivity index is 0.928. The van der Waals surface area contributed by atoms with Gasteiger partial charge in [0.25, 0.3) is 11.8 Å². The van der Waals surface area contributed by atoms with Crippen LogP contribution in [0, 0.1) is 0 Å². The third-order valence-electron chi connectivity index (χ3n) is 7.63. The van der Waals surface area contributed by atoms with Crippen LogP contribution in [0.25, 0.3) is 12.2 Å². The molecule has 2 heterocycles. The molecule has 1 fully saturated rings. The van der Waals surface area contributed by atoms with Crippen molar-refractivity contribution in [2.75, 3.05) is 77.5 Å². The zero-order valence-electron chi connectivity index (χ0n) is 28.2. The minimum atomic E-state index is -0.711. The Morgan fingerprint density at radius 2 is 1.14 bits per heavy atom. The molecule has 0 atom stereocenters. The van der Waals surface area contributed by atoms with Gasteiger partial charge in [-0.05, 0) is 22.8 Å². The monoisotopic (exact) mass is 695 g/mol. The second kappa shape index (κ2) is 21.6. The van der Waals surface area contributed by atoms with Crippen molar-refractivity contribution < 1.29 is 52.5 Å². The van der Waals surface area contributed by atoms with Gasteiger partial charge in [0.05, 0.1) is 84.7 Å². The standard InChI is InChI=1S/C36H45N3O11/c40-32(37-16-13-33(41)38-27-30-7-2-1-5-28(30)9-10-29-6-3-4-8-31(29)38)14-17-45-19-21-47-23-25-49-26-24-48-22-20-46-18-15-36(44)50-39-34(42)11-12-35(39)43/h1-10H,11-27H2,(H,37,40)/b10-9-. The highest BCUT2D eigenvalue weighted by atomic mass is 16.7. The van der Waals surface area contributed by atoms with Crippen LogP contribution in [0.1, 0.15) is 48.8 Å². The molecule has 0 unspecified atom stereocenters. The van der Waals surface area contributed by atoms with E-state index in [1.807, 2.05) is 54.6 Å². The lowest BCUT2D eigenvalue weighted by Crippen LogP contribution is -2.35. The van der Waals surface area contributed by atoms with Crippen LogP contribution in [0.4, 0.5) is 5.69 Å². The van der Waals surface area contributed by atoms with E-state index in [-0.39, 0.29) is 70.3 Å². The van der Waals surface area contributed by atoms with Gasteiger partial charge in [0.15, 0.2) is 0 Å². The highest BCUT2D eigenvalue weighted by molar-refractivity contribution is 6.01. The summed E-state index contributed by atoms with van der Waals surface area (Å²) in [6.45, 7) is 3.81. The summed E-state index contributed by atoms with van der Waals surface area (Å²) in [5.41, 5.74) is 3.95. The summed E-state index contributed by atoms with van der Waals surface area (Å²) in [6, 6.07) is 15.8. The Labute approximate surface area is 291 Å². The molecule has 0 bridgehead atoms. The summed E-state index contributed by atoms with van der Waals surface area (Å²) in [5, 5.41) is 3.32. The van der Waals surface area contributed by atoms with Crippen LogP contribution in [0.15, 0.2) is 48.5 Å². The normalized spacial score (nSPS) is 14.5. The number of imide groups is 1. The van der Waals surface area contributed by atoms with Crippen LogP contribution in [0.5, 0.6) is 0 Å². The predicted molar refractivity (Wildman–Crippen MR) is 181 cm³/mol. The minimum Gasteiger partial charge on any atom is -0.379 e. The van der Waals surface area contributed by atoms with Crippen LogP contribution in [0.2, 0.25) is 0 Å². The van der Waals surface area contributed by atoms with Crippen LogP contribution in [0.3, 0.4) is 0 Å². The van der Waals surface area contributed by atoms with E-state index in [1.165, 1.54) is 0 Å². The van der Waals surface area contributed by atoms with Gasteiger partial charge in [-0.1, -0.05) is 54.6 Å². The van der Waals surface area contributed by atoms with Gasteiger partial charge in [-0.3, -0.25) is 19.2 Å². The van der Waals surface area contributed by atoms with Crippen molar-refractivity contribution in [3.05, 3.63) is 65.2 Å². The zero-order valence-corrected chi connectivity index (χ0v) is 28.2. The maximum atomic E-state index is 13.3. The fraction of sp³-hybridized carbons (Fsp3) is 0.472. The predicted octanol–water partition coefficient (Wildman–Crippen LogP) is 2.68. The molecule has 0 aliphatic carbocycles. The Kier molecular flexibility index (Phi) is 16.5. The van der Waals surface area contributed by atoms with Crippen LogP contribution in [-0.2, 0) is 59.0 Å². The third kappa shape index (κ3) is 13.1. The second-order valence-electron chi connectivity index (χ2n) is 11.3. The number of hydrogen-bond acceptors (Lipinski definition) is 11. The van der Waals surface area contributed by atoms with Gasteiger partial charge >= 0.3 is 5.97 Å². The molecular weight excluding hydrogens is 650 g/mol. The Morgan fingerprint density at radius 1 is 0.620 bits per heavy atom. The van der Waals surface area contributed by atoms with E-state index < -0.39 is 17.8 Å². The Morgan fingerprint density at radius 3 is 1.78 bits per heavy atom. The highest BCUT2D eigenvalue weighted by Gasteiger charge is 2.32. The lowest BCUT2D eigenvalue weighted by Gasteiger charge is -2.27. The molecule has 270 valence electrons. The van der Waals surface area contributed by atoms with Gasteiger partial charge in [0.2, 0.25) is 11.8 Å². The quantitative estimate of drug-likeness (QED) is 0.143. The molecule has 14 nitrogen and oxygen atoms in total. The molecule has 1 N–H and O–H groups in total. The number of amides is 4. The summed E-state index contributed by atoms with van der Waals surface area (Å²) in [4.78, 5) is 66.6. The highest BCUT2D eigenvalue weighted by Crippen LogP contribution is 2.29. The van der Waals surface area contributed by atoms with Crippen molar-refractivity contribution in [3.8, 4) is 0 Å². The number of fused-ring (bicyclic) bond motifs is 2. The molecule has 50 heavy (non-hydrogen) atoms. The molecule has 2 aromatic rings. The molecule has 4 rings (SSSR count). The number of benzene rings is 2. The van der Waals surface area contributed by atoms with Gasteiger partial charge in [-0.25, -0.2) is 4.79 Å². The van der Waals surface area contributed by atoms with Gasteiger partial charge in [-0.15, -0.1) is 5.06 Å². The summed E-state index contributed by atoms with van der Waals surface area (Å²) in [7, 11) is 0. The largest absolute Gasteiger partial charge is 0.379 e. The van der Waals surface area contributed by atoms with Crippen molar-refractivity contribution in [2.24, 2.45) is 0 Å². The third-order valence-corrected chi connectivity index (χ3v) is 7.63. The summed E-state index contributed by atoms with van der Waals surface area (Å²) in [5.74, 6) is -2.00. The summed E-state index contributed by atoms with van der Waals surface area (Å²) >= 11 is 0. The molecule has 2 aliphatic rings. The van der Waals surface area contributed by atoms with E-state index >= 15 is 0 Å². The Hall–Kier alpha value is -4.47. The first-order chi connectivity index (χ1) is 24.4. The number of nitrogens with one attached hydrogen (secondary N) is 1. The number of anilines is 1. The minimum absolute atomic E-state index is 0.0498. The van der Waals surface area contributed by atoms with Crippen LogP contribution >= 0.6 is 0 Å². The average Bonchev–Trinajstić information content (AvgIpc) is 3.42. The number of carbonyl (C=O) groups excluding carboxylic acids is 5. The van der Waals surface area contributed by atoms with E-state index in [1.54, 1.807) is 4.90 Å². The second-order valence-corrected chi connectivity index (χ2v) is 11.3. The first-order valence-electron chi connectivity index (χ1n) is 16.8. The van der Waals surface area contributed by atoms with Crippen molar-refractivity contribution in [1.82, 2.24) is 10.4 Å². The van der Waals surface area contributed by atoms with E-state index in [2.05, 4.69) is 11.4 Å². The maximum absolute atomic E-state index is 13.3. The van der Waals surface area contributed by atoms with Crippen LogP contribution in [-0.4, -0.2) is 107 Å².